The first-order valence-electron chi connectivity index (χ1n) is 3.88. The molecule has 0 saturated carbocycles. The average molecular weight is 283 g/mol. The lowest BCUT2D eigenvalue weighted by Crippen LogP contribution is -2.31. The molecule has 6 heteroatoms. The Morgan fingerprint density at radius 1 is 1.47 bits per heavy atom. The largest absolute Gasteiger partial charge is 0.477 e. The van der Waals surface area contributed by atoms with E-state index in [0.717, 1.165) is 6.07 Å². The minimum atomic E-state index is -3.97. The number of rotatable bonds is 3. The van der Waals surface area contributed by atoms with Gasteiger partial charge in [0.25, 0.3) is 0 Å². The summed E-state index contributed by atoms with van der Waals surface area (Å²) in [5, 5.41) is 8.20. The number of carboxylic acids is 1. The molecule has 0 spiro atoms. The van der Waals surface area contributed by atoms with Crippen molar-refractivity contribution in [3.05, 3.63) is 34.1 Å². The van der Waals surface area contributed by atoms with Crippen molar-refractivity contribution in [1.82, 2.24) is 0 Å². The molecule has 2 nitrogen and oxygen atoms in total. The van der Waals surface area contributed by atoms with Gasteiger partial charge in [-0.3, -0.25) is 0 Å². The molecule has 82 valence electrons. The van der Waals surface area contributed by atoms with Gasteiger partial charge in [0, 0.05) is 10.0 Å². The molecule has 0 aromatic heterocycles. The Balaban J connectivity index is 3.04. The van der Waals surface area contributed by atoms with Gasteiger partial charge in [0.1, 0.15) is 5.82 Å². The van der Waals surface area contributed by atoms with Gasteiger partial charge in [0.2, 0.25) is 0 Å². The first kappa shape index (κ1) is 12.0. The van der Waals surface area contributed by atoms with Gasteiger partial charge in [-0.15, -0.1) is 0 Å². The Morgan fingerprint density at radius 2 is 2.07 bits per heavy atom. The number of aliphatic carboxylic acids is 1. The Bertz CT molecular complexity index is 373. The van der Waals surface area contributed by atoms with Crippen LogP contribution in [-0.2, 0) is 11.2 Å². The molecule has 15 heavy (non-hydrogen) atoms. The van der Waals surface area contributed by atoms with Crippen molar-refractivity contribution >= 4 is 21.9 Å². The summed E-state index contributed by atoms with van der Waals surface area (Å²) in [6.45, 7) is 0. The lowest BCUT2D eigenvalue weighted by Gasteiger charge is -2.12. The van der Waals surface area contributed by atoms with E-state index in [9.17, 15) is 18.0 Å². The molecular formula is C9H6BrF3O2. The monoisotopic (exact) mass is 282 g/mol. The van der Waals surface area contributed by atoms with Crippen molar-refractivity contribution < 1.29 is 23.1 Å². The Morgan fingerprint density at radius 3 is 2.53 bits per heavy atom. The molecule has 1 aromatic rings. The van der Waals surface area contributed by atoms with Crippen LogP contribution in [0.25, 0.3) is 0 Å². The predicted molar refractivity (Wildman–Crippen MR) is 50.4 cm³/mol. The van der Waals surface area contributed by atoms with E-state index >= 15 is 0 Å². The lowest BCUT2D eigenvalue weighted by molar-refractivity contribution is -0.164. The Kier molecular flexibility index (Phi) is 3.38. The van der Waals surface area contributed by atoms with Crippen LogP contribution < -0.4 is 0 Å². The number of carboxylic acid groups (broad SMARTS) is 1. The number of alkyl halides is 2. The van der Waals surface area contributed by atoms with Gasteiger partial charge in [-0.2, -0.15) is 8.78 Å². The summed E-state index contributed by atoms with van der Waals surface area (Å²) in [5.41, 5.74) is -0.343. The fraction of sp³-hybridized carbons (Fsp3) is 0.222. The molecule has 0 atom stereocenters. The van der Waals surface area contributed by atoms with E-state index in [1.165, 1.54) is 12.1 Å². The predicted octanol–water partition coefficient (Wildman–Crippen LogP) is 2.85. The smallest absolute Gasteiger partial charge is 0.374 e. The van der Waals surface area contributed by atoms with Crippen LogP contribution in [-0.4, -0.2) is 17.0 Å². The van der Waals surface area contributed by atoms with Crippen LogP contribution in [0.2, 0.25) is 0 Å². The second-order valence-corrected chi connectivity index (χ2v) is 3.74. The SMILES string of the molecule is O=C(O)C(F)(F)Cc1c(F)cccc1Br. The second-order valence-electron chi connectivity index (χ2n) is 2.89. The molecule has 0 bridgehead atoms. The number of hydrogen-bond acceptors (Lipinski definition) is 1. The van der Waals surface area contributed by atoms with Crippen LogP contribution in [0.5, 0.6) is 0 Å². The van der Waals surface area contributed by atoms with E-state index < -0.39 is 24.1 Å². The molecular weight excluding hydrogens is 277 g/mol. The molecule has 0 heterocycles. The maximum Gasteiger partial charge on any atom is 0.374 e. The second kappa shape index (κ2) is 4.22. The van der Waals surface area contributed by atoms with Gasteiger partial charge >= 0.3 is 11.9 Å². The zero-order valence-corrected chi connectivity index (χ0v) is 8.89. The van der Waals surface area contributed by atoms with Gasteiger partial charge in [0.15, 0.2) is 0 Å². The summed E-state index contributed by atoms with van der Waals surface area (Å²) >= 11 is 2.88. The zero-order chi connectivity index (χ0) is 11.6. The minimum Gasteiger partial charge on any atom is -0.477 e. The third-order valence-corrected chi connectivity index (χ3v) is 2.52. The van der Waals surface area contributed by atoms with Gasteiger partial charge in [-0.1, -0.05) is 22.0 Å². The first-order chi connectivity index (χ1) is 6.84. The molecule has 1 rings (SSSR count). The molecule has 0 aliphatic rings. The van der Waals surface area contributed by atoms with Gasteiger partial charge in [-0.05, 0) is 12.1 Å². The van der Waals surface area contributed by atoms with E-state index in [1.54, 1.807) is 0 Å². The Hall–Kier alpha value is -1.04. The van der Waals surface area contributed by atoms with E-state index in [4.69, 9.17) is 5.11 Å². The van der Waals surface area contributed by atoms with Crippen molar-refractivity contribution in [2.75, 3.05) is 0 Å². The summed E-state index contributed by atoms with van der Waals surface area (Å²) in [5.74, 6) is -7.09. The highest BCUT2D eigenvalue weighted by molar-refractivity contribution is 9.10. The van der Waals surface area contributed by atoms with Crippen LogP contribution in [0.1, 0.15) is 5.56 Å². The van der Waals surface area contributed by atoms with Crippen LogP contribution in [0.15, 0.2) is 22.7 Å². The summed E-state index contributed by atoms with van der Waals surface area (Å²) < 4.78 is 38.8. The first-order valence-corrected chi connectivity index (χ1v) is 4.68. The summed E-state index contributed by atoms with van der Waals surface area (Å²) in [6, 6.07) is 3.70. The highest BCUT2D eigenvalue weighted by Crippen LogP contribution is 2.27. The highest BCUT2D eigenvalue weighted by atomic mass is 79.9. The van der Waals surface area contributed by atoms with Crippen molar-refractivity contribution in [2.24, 2.45) is 0 Å². The molecule has 1 N–H and O–H groups in total. The number of carbonyl (C=O) groups is 1. The lowest BCUT2D eigenvalue weighted by atomic mass is 10.1. The van der Waals surface area contributed by atoms with Crippen LogP contribution in [0, 0.1) is 5.82 Å². The van der Waals surface area contributed by atoms with Crippen molar-refractivity contribution in [2.45, 2.75) is 12.3 Å². The standard InChI is InChI=1S/C9H6BrF3O2/c10-6-2-1-3-7(11)5(6)4-9(12,13)8(14)15/h1-3H,4H2,(H,14,15). The molecule has 1 aromatic carbocycles. The quantitative estimate of drug-likeness (QED) is 0.926. The molecule has 0 saturated heterocycles. The molecule has 0 aliphatic carbocycles. The van der Waals surface area contributed by atoms with Crippen LogP contribution in [0.4, 0.5) is 13.2 Å². The fourth-order valence-corrected chi connectivity index (χ4v) is 1.48. The molecule has 0 amide bonds. The van der Waals surface area contributed by atoms with Crippen molar-refractivity contribution in [1.29, 1.82) is 0 Å². The normalized spacial score (nSPS) is 11.5. The molecule has 0 fully saturated rings. The number of halogens is 4. The van der Waals surface area contributed by atoms with Crippen LogP contribution >= 0.6 is 15.9 Å². The highest BCUT2D eigenvalue weighted by Gasteiger charge is 2.40. The topological polar surface area (TPSA) is 37.3 Å². The van der Waals surface area contributed by atoms with Gasteiger partial charge in [0.05, 0.1) is 6.42 Å². The number of benzene rings is 1. The molecule has 0 radical (unpaired) electrons. The van der Waals surface area contributed by atoms with Crippen molar-refractivity contribution in [3.8, 4) is 0 Å². The minimum absolute atomic E-state index is 0.128. The Labute approximate surface area is 91.8 Å². The van der Waals surface area contributed by atoms with E-state index in [-0.39, 0.29) is 10.0 Å². The maximum atomic E-state index is 13.1. The van der Waals surface area contributed by atoms with Crippen LogP contribution in [0.3, 0.4) is 0 Å². The molecule has 0 aliphatic heterocycles. The van der Waals surface area contributed by atoms with Gasteiger partial charge in [-0.25, -0.2) is 9.18 Å². The van der Waals surface area contributed by atoms with E-state index in [0.29, 0.717) is 0 Å². The summed E-state index contributed by atoms with van der Waals surface area (Å²) in [4.78, 5) is 10.2. The summed E-state index contributed by atoms with van der Waals surface area (Å²) in [7, 11) is 0. The third-order valence-electron chi connectivity index (χ3n) is 1.77. The number of hydrogen-bond donors (Lipinski definition) is 1. The van der Waals surface area contributed by atoms with Crippen molar-refractivity contribution in [3.63, 3.8) is 0 Å². The summed E-state index contributed by atoms with van der Waals surface area (Å²) in [6.07, 6.45) is -1.17. The third kappa shape index (κ3) is 2.71. The fourth-order valence-electron chi connectivity index (χ4n) is 0.999. The van der Waals surface area contributed by atoms with E-state index in [1.807, 2.05) is 0 Å². The zero-order valence-electron chi connectivity index (χ0n) is 7.31. The average Bonchev–Trinajstić information content (AvgIpc) is 2.11. The van der Waals surface area contributed by atoms with E-state index in [2.05, 4.69) is 15.9 Å². The maximum absolute atomic E-state index is 13.1. The van der Waals surface area contributed by atoms with Gasteiger partial charge < -0.3 is 5.11 Å². The molecule has 0 unspecified atom stereocenters.